The summed E-state index contributed by atoms with van der Waals surface area (Å²) in [6.07, 6.45) is -4.14. The minimum atomic E-state index is -4.53. The van der Waals surface area contributed by atoms with E-state index in [1.165, 1.54) is 23.1 Å². The van der Waals surface area contributed by atoms with Crippen molar-refractivity contribution in [3.05, 3.63) is 59.2 Å². The van der Waals surface area contributed by atoms with Crippen molar-refractivity contribution in [3.63, 3.8) is 0 Å². The molecule has 2 aromatic rings. The minimum Gasteiger partial charge on any atom is -0.452 e. The number of amides is 1. The first-order valence-corrected chi connectivity index (χ1v) is 10.2. The summed E-state index contributed by atoms with van der Waals surface area (Å²) in [6, 6.07) is 7.25. The number of nitrogens with two attached hydrogens (primary N) is 1. The van der Waals surface area contributed by atoms with Gasteiger partial charge in [-0.05, 0) is 61.4 Å². The molecule has 0 spiro atoms. The van der Waals surface area contributed by atoms with E-state index < -0.39 is 40.2 Å². The van der Waals surface area contributed by atoms with Crippen LogP contribution < -0.4 is 10.0 Å². The molecule has 0 fully saturated rings. The average Bonchev–Trinajstić information content (AvgIpc) is 2.99. The first-order valence-electron chi connectivity index (χ1n) is 8.70. The summed E-state index contributed by atoms with van der Waals surface area (Å²) in [4.78, 5) is 25.9. The summed E-state index contributed by atoms with van der Waals surface area (Å²) in [5.41, 5.74) is 0.0573. The Hall–Kier alpha value is -2.92. The third-order valence-corrected chi connectivity index (χ3v) is 5.55. The molecule has 1 aliphatic heterocycles. The van der Waals surface area contributed by atoms with Gasteiger partial charge >= 0.3 is 12.1 Å². The topological polar surface area (TPSA) is 107 Å². The van der Waals surface area contributed by atoms with Crippen molar-refractivity contribution in [3.8, 4) is 0 Å². The Morgan fingerprint density at radius 3 is 2.37 bits per heavy atom. The Kier molecular flexibility index (Phi) is 5.61. The summed E-state index contributed by atoms with van der Waals surface area (Å²) in [6.45, 7) is 1.12. The van der Waals surface area contributed by atoms with Gasteiger partial charge in [0.2, 0.25) is 10.0 Å². The smallest absolute Gasteiger partial charge is 0.416 e. The van der Waals surface area contributed by atoms with E-state index >= 15 is 0 Å². The fraction of sp³-hybridized carbons (Fsp3) is 0.263. The van der Waals surface area contributed by atoms with Crippen molar-refractivity contribution in [2.75, 3.05) is 11.5 Å². The van der Waals surface area contributed by atoms with Crippen LogP contribution in [0.5, 0.6) is 0 Å². The third kappa shape index (κ3) is 4.46. The second-order valence-electron chi connectivity index (χ2n) is 6.80. The van der Waals surface area contributed by atoms with Crippen molar-refractivity contribution in [1.29, 1.82) is 0 Å². The zero-order valence-electron chi connectivity index (χ0n) is 15.6. The number of esters is 1. The number of rotatable bonds is 4. The molecule has 1 aliphatic rings. The number of hydrogen-bond donors (Lipinski definition) is 1. The highest BCUT2D eigenvalue weighted by molar-refractivity contribution is 7.89. The molecule has 30 heavy (non-hydrogen) atoms. The minimum absolute atomic E-state index is 0.0727. The highest BCUT2D eigenvalue weighted by atomic mass is 32.2. The number of ether oxygens (including phenoxy) is 1. The molecule has 0 saturated carbocycles. The Morgan fingerprint density at radius 2 is 1.80 bits per heavy atom. The highest BCUT2D eigenvalue weighted by Gasteiger charge is 2.33. The molecule has 0 radical (unpaired) electrons. The van der Waals surface area contributed by atoms with Crippen LogP contribution >= 0.6 is 0 Å². The number of carbonyl (C=O) groups excluding carboxylic acids is 2. The van der Waals surface area contributed by atoms with Crippen molar-refractivity contribution >= 4 is 27.6 Å². The van der Waals surface area contributed by atoms with E-state index in [1.54, 1.807) is 6.92 Å². The van der Waals surface area contributed by atoms with Gasteiger partial charge in [0.25, 0.3) is 5.91 Å². The van der Waals surface area contributed by atoms with E-state index in [1.807, 2.05) is 0 Å². The van der Waals surface area contributed by atoms with E-state index in [4.69, 9.17) is 9.88 Å². The van der Waals surface area contributed by atoms with Crippen LogP contribution in [0.3, 0.4) is 0 Å². The maximum absolute atomic E-state index is 12.6. The van der Waals surface area contributed by atoms with Crippen molar-refractivity contribution in [1.82, 2.24) is 0 Å². The van der Waals surface area contributed by atoms with Crippen LogP contribution in [0, 0.1) is 0 Å². The summed E-state index contributed by atoms with van der Waals surface area (Å²) >= 11 is 0. The monoisotopic (exact) mass is 442 g/mol. The van der Waals surface area contributed by atoms with Gasteiger partial charge in [-0.15, -0.1) is 0 Å². The molecule has 1 heterocycles. The molecule has 0 aromatic heterocycles. The predicted octanol–water partition coefficient (Wildman–Crippen LogP) is 2.49. The first kappa shape index (κ1) is 21.8. The molecule has 1 atom stereocenters. The van der Waals surface area contributed by atoms with E-state index in [0.717, 1.165) is 24.3 Å². The lowest BCUT2D eigenvalue weighted by Gasteiger charge is -2.22. The molecule has 7 nitrogen and oxygen atoms in total. The van der Waals surface area contributed by atoms with Crippen LogP contribution in [0.25, 0.3) is 0 Å². The molecule has 0 bridgehead atoms. The zero-order valence-corrected chi connectivity index (χ0v) is 16.5. The van der Waals surface area contributed by atoms with Gasteiger partial charge in [0.05, 0.1) is 16.0 Å². The number of primary sulfonamides is 1. The third-order valence-electron chi connectivity index (χ3n) is 4.64. The lowest BCUT2D eigenvalue weighted by molar-refractivity contribution is -0.137. The Balaban J connectivity index is 1.69. The molecule has 1 amide bonds. The van der Waals surface area contributed by atoms with Gasteiger partial charge in [-0.1, -0.05) is 0 Å². The van der Waals surface area contributed by atoms with Gasteiger partial charge in [-0.2, -0.15) is 13.2 Å². The second kappa shape index (κ2) is 7.73. The van der Waals surface area contributed by atoms with Crippen molar-refractivity contribution < 1.29 is 35.9 Å². The SMILES string of the molecule is CC1Cc2cc(S(N)(=O)=O)ccc2N1C(=O)COC(=O)c1ccc(C(F)(F)F)cc1. The average molecular weight is 442 g/mol. The van der Waals surface area contributed by atoms with Gasteiger partial charge in [0.1, 0.15) is 0 Å². The lowest BCUT2D eigenvalue weighted by Crippen LogP contribution is -2.38. The first-order chi connectivity index (χ1) is 13.9. The van der Waals surface area contributed by atoms with E-state index in [-0.39, 0.29) is 16.5 Å². The maximum Gasteiger partial charge on any atom is 0.416 e. The zero-order chi connectivity index (χ0) is 22.3. The number of halogens is 3. The number of hydrogen-bond acceptors (Lipinski definition) is 5. The fourth-order valence-electron chi connectivity index (χ4n) is 3.24. The normalized spacial score (nSPS) is 16.3. The number of fused-ring (bicyclic) bond motifs is 1. The molecule has 3 rings (SSSR count). The quantitative estimate of drug-likeness (QED) is 0.733. The van der Waals surface area contributed by atoms with E-state index in [2.05, 4.69) is 0 Å². The number of benzene rings is 2. The molecule has 0 saturated heterocycles. The predicted molar refractivity (Wildman–Crippen MR) is 100 cm³/mol. The number of sulfonamides is 1. The van der Waals surface area contributed by atoms with Crippen LogP contribution in [0.1, 0.15) is 28.4 Å². The summed E-state index contributed by atoms with van der Waals surface area (Å²) in [5.74, 6) is -1.49. The van der Waals surface area contributed by atoms with Crippen LogP contribution in [0.2, 0.25) is 0 Å². The van der Waals surface area contributed by atoms with E-state index in [9.17, 15) is 31.2 Å². The summed E-state index contributed by atoms with van der Waals surface area (Å²) in [7, 11) is -3.89. The maximum atomic E-state index is 12.6. The van der Waals surface area contributed by atoms with Gasteiger partial charge < -0.3 is 9.64 Å². The molecule has 2 aromatic carbocycles. The van der Waals surface area contributed by atoms with Gasteiger partial charge in [-0.3, -0.25) is 4.79 Å². The highest BCUT2D eigenvalue weighted by Crippen LogP contribution is 2.34. The molecule has 2 N–H and O–H groups in total. The summed E-state index contributed by atoms with van der Waals surface area (Å²) < 4.78 is 65.7. The molecule has 1 unspecified atom stereocenters. The molecular formula is C19H17F3N2O5S. The number of carbonyl (C=O) groups is 2. The largest absolute Gasteiger partial charge is 0.452 e. The molecule has 0 aliphatic carbocycles. The van der Waals surface area contributed by atoms with Crippen molar-refractivity contribution in [2.24, 2.45) is 5.14 Å². The van der Waals surface area contributed by atoms with Crippen LogP contribution in [-0.4, -0.2) is 32.9 Å². The van der Waals surface area contributed by atoms with Crippen LogP contribution in [-0.2, 0) is 32.2 Å². The Labute approximate surface area is 170 Å². The fourth-order valence-corrected chi connectivity index (χ4v) is 3.80. The van der Waals surface area contributed by atoms with E-state index in [0.29, 0.717) is 17.7 Å². The number of anilines is 1. The number of alkyl halides is 3. The molecule has 11 heteroatoms. The molecule has 160 valence electrons. The van der Waals surface area contributed by atoms with Gasteiger partial charge in [-0.25, -0.2) is 18.4 Å². The Morgan fingerprint density at radius 1 is 1.17 bits per heavy atom. The van der Waals surface area contributed by atoms with Gasteiger partial charge in [0.15, 0.2) is 6.61 Å². The number of nitrogens with zero attached hydrogens (tertiary/aromatic N) is 1. The van der Waals surface area contributed by atoms with Gasteiger partial charge in [0, 0.05) is 11.7 Å². The summed E-state index contributed by atoms with van der Waals surface area (Å²) in [5, 5.41) is 5.12. The molecular weight excluding hydrogens is 425 g/mol. The van der Waals surface area contributed by atoms with Crippen LogP contribution in [0.4, 0.5) is 18.9 Å². The Bertz CT molecular complexity index is 1100. The van der Waals surface area contributed by atoms with Crippen molar-refractivity contribution in [2.45, 2.75) is 30.5 Å². The lowest BCUT2D eigenvalue weighted by atomic mass is 10.1. The second-order valence-corrected chi connectivity index (χ2v) is 8.37. The van der Waals surface area contributed by atoms with Crippen LogP contribution in [0.15, 0.2) is 47.4 Å². The standard InChI is InChI=1S/C19H17F3N2O5S/c1-11-8-13-9-15(30(23,27)28)6-7-16(13)24(11)17(25)10-29-18(26)12-2-4-14(5-3-12)19(20,21)22/h2-7,9,11H,8,10H2,1H3,(H2,23,27,28).